The van der Waals surface area contributed by atoms with Gasteiger partial charge in [0, 0.05) is 101 Å². The summed E-state index contributed by atoms with van der Waals surface area (Å²) in [5, 5.41) is 48.3. The molecule has 0 aromatic heterocycles. The van der Waals surface area contributed by atoms with Gasteiger partial charge in [-0.15, -0.1) is 0 Å². The van der Waals surface area contributed by atoms with Gasteiger partial charge in [-0.1, -0.05) is 216 Å². The lowest BCUT2D eigenvalue weighted by molar-refractivity contribution is -0.136. The van der Waals surface area contributed by atoms with Crippen LogP contribution in [0.25, 0.3) is 33.4 Å². The Morgan fingerprint density at radius 2 is 0.815 bits per heavy atom. The molecule has 11 aromatic carbocycles. The van der Waals surface area contributed by atoms with Crippen LogP contribution in [0.3, 0.4) is 0 Å². The number of hydrogen-bond donors (Lipinski definition) is 3. The van der Waals surface area contributed by atoms with Crippen molar-refractivity contribution in [3.8, 4) is 57.7 Å². The second-order valence-corrected chi connectivity index (χ2v) is 36.0. The van der Waals surface area contributed by atoms with E-state index in [0.717, 1.165) is 145 Å². The van der Waals surface area contributed by atoms with Gasteiger partial charge in [-0.2, -0.15) is 21.0 Å². The van der Waals surface area contributed by atoms with Crippen LogP contribution in [0, 0.1) is 57.0 Å². The van der Waals surface area contributed by atoms with Gasteiger partial charge in [0.15, 0.2) is 11.6 Å². The van der Waals surface area contributed by atoms with E-state index < -0.39 is 28.3 Å². The van der Waals surface area contributed by atoms with Crippen LogP contribution in [0.1, 0.15) is 160 Å². The number of rotatable bonds is 23. The van der Waals surface area contributed by atoms with Gasteiger partial charge in [0.1, 0.15) is 13.2 Å². The number of nitrogens with one attached hydrogen (secondary N) is 3. The lowest BCUT2D eigenvalue weighted by atomic mass is 9.68. The first-order valence-corrected chi connectivity index (χ1v) is 45.9. The second-order valence-electron chi connectivity index (χ2n) is 34.2. The van der Waals surface area contributed by atoms with Gasteiger partial charge in [0.2, 0.25) is 17.7 Å². The maximum atomic E-state index is 13.6. The summed E-state index contributed by atoms with van der Waals surface area (Å²) in [4.78, 5) is 58.0. The van der Waals surface area contributed by atoms with Gasteiger partial charge in [0.05, 0.1) is 64.2 Å². The lowest BCUT2D eigenvalue weighted by Crippen LogP contribution is -2.50. The van der Waals surface area contributed by atoms with Crippen molar-refractivity contribution in [1.82, 2.24) is 14.7 Å². The Kier molecular flexibility index (Phi) is 31.8. The van der Waals surface area contributed by atoms with Crippen LogP contribution in [0.5, 0.6) is 0 Å². The molecular formula is C107H102Cl4F2N10O7. The third-order valence-electron chi connectivity index (χ3n) is 26.4. The van der Waals surface area contributed by atoms with Gasteiger partial charge in [-0.25, -0.2) is 13.6 Å². The van der Waals surface area contributed by atoms with Crippen LogP contribution in [-0.2, 0) is 50.6 Å². The third kappa shape index (κ3) is 23.9. The minimum Gasteiger partial charge on any atom is -0.450 e. The van der Waals surface area contributed by atoms with E-state index in [2.05, 4.69) is 141 Å². The molecule has 5 fully saturated rings. The molecule has 11 aromatic rings. The number of anilines is 3. The molecule has 5 aliphatic rings. The molecule has 0 radical (unpaired) electrons. The van der Waals surface area contributed by atoms with Crippen molar-refractivity contribution in [2.75, 3.05) is 75.0 Å². The molecule has 16 rings (SSSR count). The molecule has 664 valence electrons. The van der Waals surface area contributed by atoms with Crippen molar-refractivity contribution < 1.29 is 42.2 Å². The molecule has 0 bridgehead atoms. The first kappa shape index (κ1) is 94.0. The Morgan fingerprint density at radius 3 is 1.23 bits per heavy atom. The normalized spacial score (nSPS) is 18.6. The van der Waals surface area contributed by atoms with E-state index in [1.165, 1.54) is 37.3 Å². The van der Waals surface area contributed by atoms with E-state index in [0.29, 0.717) is 105 Å². The fourth-order valence-electron chi connectivity index (χ4n) is 19.2. The summed E-state index contributed by atoms with van der Waals surface area (Å²) in [6.45, 7) is 6.34. The molecule has 0 atom stereocenters. The van der Waals surface area contributed by atoms with E-state index in [9.17, 15) is 49.0 Å². The van der Waals surface area contributed by atoms with Crippen LogP contribution < -0.4 is 16.0 Å². The number of likely N-dealkylation sites (tertiary alicyclic amines) is 3. The predicted molar refractivity (Wildman–Crippen MR) is 508 cm³/mol. The fourth-order valence-corrected chi connectivity index (χ4v) is 20.2. The highest BCUT2D eigenvalue weighted by atomic mass is 35.5. The zero-order valence-corrected chi connectivity index (χ0v) is 75.5. The van der Waals surface area contributed by atoms with Gasteiger partial charge in [-0.3, -0.25) is 14.4 Å². The van der Waals surface area contributed by atoms with Crippen molar-refractivity contribution in [3.63, 3.8) is 0 Å². The van der Waals surface area contributed by atoms with Crippen molar-refractivity contribution in [2.24, 2.45) is 0 Å². The number of piperidine rings is 3. The zero-order valence-electron chi connectivity index (χ0n) is 72.5. The summed E-state index contributed by atoms with van der Waals surface area (Å²) in [5.41, 5.74) is 12.7. The van der Waals surface area contributed by atoms with Gasteiger partial charge >= 0.3 is 6.09 Å². The monoisotopic (exact) mass is 1820 g/mol. The number of hydrogen-bond acceptors (Lipinski definition) is 13. The summed E-state index contributed by atoms with van der Waals surface area (Å²) < 4.78 is 45.1. The molecule has 3 aliphatic heterocycles. The highest BCUT2D eigenvalue weighted by Gasteiger charge is 2.45. The summed E-state index contributed by atoms with van der Waals surface area (Å²) >= 11 is 24.6. The van der Waals surface area contributed by atoms with Crippen molar-refractivity contribution in [1.29, 1.82) is 21.0 Å². The minimum atomic E-state index is -1.02. The van der Waals surface area contributed by atoms with E-state index in [1.54, 1.807) is 60.4 Å². The SMILES string of the molecule is CCOC(=O)N1CCC(CCC(=O)Nc2ccc(F)c(F)c2)(c2ccc(-c3cccc(C#N)c3)cc2)CC1.N#Cc1cccc(-c2ccc(C3(OCC(=O)Nc4cc(Cl)cc(Cl)c4)CCN(C4CCC(C#N)(c5ccccc5)CC4)CC3)cc2)c1.N#Cc1cccc(-c2ccc(C3(OCC(=O)Nc4cc(Cl)cc(Cl)c4)CCN(C4CCC(c5ccccc5)CC4)CC3)cc2)c1. The number of nitrogens with zero attached hydrogens (tertiary/aromatic N) is 7. The molecule has 4 amide bonds. The fraction of sp³-hybridized carbons (Fsp3) is 0.308. The molecule has 0 unspecified atom stereocenters. The van der Waals surface area contributed by atoms with E-state index in [-0.39, 0.29) is 54.6 Å². The molecule has 17 nitrogen and oxygen atoms in total. The molecule has 23 heteroatoms. The van der Waals surface area contributed by atoms with Crippen LogP contribution >= 0.6 is 46.4 Å². The molecule has 130 heavy (non-hydrogen) atoms. The highest BCUT2D eigenvalue weighted by Crippen LogP contribution is 2.47. The first-order valence-electron chi connectivity index (χ1n) is 44.4. The Morgan fingerprint density at radius 1 is 0.400 bits per heavy atom. The Balaban J connectivity index is 0.000000158. The second kappa shape index (κ2) is 44.0. The molecule has 3 saturated heterocycles. The molecule has 3 heterocycles. The number of ether oxygens (including phenoxy) is 3. The molecule has 0 spiro atoms. The lowest BCUT2D eigenvalue weighted by Gasteiger charge is -2.47. The van der Waals surface area contributed by atoms with Gasteiger partial charge in [0.25, 0.3) is 0 Å². The number of amides is 4. The minimum absolute atomic E-state index is 0.0850. The summed E-state index contributed by atoms with van der Waals surface area (Å²) in [6.07, 6.45) is 13.2. The van der Waals surface area contributed by atoms with Gasteiger partial charge in [-0.05, 0) is 261 Å². The summed E-state index contributed by atoms with van der Waals surface area (Å²) in [6, 6.07) is 91.9. The van der Waals surface area contributed by atoms with Crippen molar-refractivity contribution in [3.05, 3.63) is 337 Å². The van der Waals surface area contributed by atoms with Gasteiger partial charge < -0.3 is 44.9 Å². The number of carbonyl (C=O) groups excluding carboxylic acids is 4. The number of halogens is 6. The van der Waals surface area contributed by atoms with Crippen LogP contribution in [0.15, 0.2) is 261 Å². The number of carbonyl (C=O) groups is 4. The Bertz CT molecular complexity index is 5910. The number of benzene rings is 11. The molecule has 3 N–H and O–H groups in total. The number of nitriles is 4. The zero-order chi connectivity index (χ0) is 91.2. The largest absolute Gasteiger partial charge is 0.450 e. The summed E-state index contributed by atoms with van der Waals surface area (Å²) in [7, 11) is 0. The van der Waals surface area contributed by atoms with Crippen LogP contribution in [-0.4, -0.2) is 110 Å². The highest BCUT2D eigenvalue weighted by molar-refractivity contribution is 6.35. The molecule has 2 aliphatic carbocycles. The van der Waals surface area contributed by atoms with E-state index >= 15 is 0 Å². The average molecular weight is 1820 g/mol. The maximum absolute atomic E-state index is 13.6. The third-order valence-corrected chi connectivity index (χ3v) is 27.3. The van der Waals surface area contributed by atoms with E-state index in [4.69, 9.17) is 60.6 Å². The topological polar surface area (TPSA) is 237 Å². The first-order chi connectivity index (χ1) is 63.0. The molecule has 2 saturated carbocycles. The van der Waals surface area contributed by atoms with Crippen molar-refractivity contribution in [2.45, 2.75) is 150 Å². The maximum Gasteiger partial charge on any atom is 0.409 e. The molecular weight excluding hydrogens is 1720 g/mol. The summed E-state index contributed by atoms with van der Waals surface area (Å²) in [5.74, 6) is -2.18. The van der Waals surface area contributed by atoms with E-state index in [1.807, 2.05) is 103 Å². The standard InChI is InChI=1S/C39H36Cl2N4O2.C38H37Cl2N3O2.C30H29F2N3O3/c40-33-22-34(41)24-35(23-33)44-37(46)26-47-39(32-11-9-29(10-12-32)30-6-4-5-28(21-30)25-42)17-19-45(20-18-39)36-13-15-38(27-43,16-14-36)31-7-2-1-3-8-31;39-33-22-34(40)24-35(23-33)42-37(44)26-45-38(32-13-9-30(10-14-32)31-8-4-5-27(21-31)25-41)17-19-43(20-18-38)36-15-11-29(12-16-36)28-6-2-1-3-7-28;1-2-38-29(37)35-16-14-30(15-17-35,13-12-28(36)34-25-10-11-26(31)27(32)19-25)24-8-6-22(7-9-24)23-5-3-4-21(18-23)20-33/h1-12,21-24,36H,13-20,26H2,(H,44,46);1-10,13-14,21-24,29,36H,11-12,15-20,26H2,(H,42,44);3-11,18-19H,2,12-17H2,1H3,(H,34,36). The van der Waals surface area contributed by atoms with Crippen LogP contribution in [0.4, 0.5) is 30.6 Å². The van der Waals surface area contributed by atoms with Crippen molar-refractivity contribution >= 4 is 87.3 Å². The van der Waals surface area contributed by atoms with Crippen LogP contribution in [0.2, 0.25) is 20.1 Å². The Hall–Kier alpha value is -12.1. The predicted octanol–water partition coefficient (Wildman–Crippen LogP) is 24.5. The Labute approximate surface area is 779 Å². The quantitative estimate of drug-likeness (QED) is 0.0541. The smallest absolute Gasteiger partial charge is 0.409 e. The average Bonchev–Trinajstić information content (AvgIpc) is 0.781.